The van der Waals surface area contributed by atoms with Crippen molar-refractivity contribution in [1.82, 2.24) is 5.32 Å². The van der Waals surface area contributed by atoms with Crippen LogP contribution in [0, 0.1) is 6.92 Å². The number of carbonyl (C=O) groups is 1. The maximum atomic E-state index is 13.6. The first-order chi connectivity index (χ1) is 17.3. The van der Waals surface area contributed by atoms with Crippen molar-refractivity contribution in [3.8, 4) is 11.5 Å². The van der Waals surface area contributed by atoms with Crippen LogP contribution in [0.3, 0.4) is 0 Å². The maximum absolute atomic E-state index is 13.6. The molecule has 0 fully saturated rings. The number of aryl methyl sites for hydroxylation is 1. The molecule has 0 aliphatic heterocycles. The standard InChI is InChI=1S/C27H32N2O5S2/c1-21-10-13-24(14-11-21)36(31,32)29(23-12-15-25(33-2)26(18-23)34-3)19-27(30)28-16-7-17-35-20-22-8-5-4-6-9-22/h4-6,8-15,18H,7,16-17,19-20H2,1-3H3,(H,28,30). The monoisotopic (exact) mass is 528 g/mol. The van der Waals surface area contributed by atoms with Gasteiger partial charge in [-0.3, -0.25) is 9.10 Å². The number of thioether (sulfide) groups is 1. The third-order valence-corrected chi connectivity index (χ3v) is 8.35. The van der Waals surface area contributed by atoms with Crippen molar-refractivity contribution < 1.29 is 22.7 Å². The molecular weight excluding hydrogens is 496 g/mol. The molecule has 0 spiro atoms. The molecule has 3 aromatic carbocycles. The van der Waals surface area contributed by atoms with Crippen molar-refractivity contribution in [3.05, 3.63) is 83.9 Å². The molecule has 3 rings (SSSR count). The largest absolute Gasteiger partial charge is 0.493 e. The second-order valence-electron chi connectivity index (χ2n) is 8.11. The normalized spacial score (nSPS) is 11.1. The average Bonchev–Trinajstić information content (AvgIpc) is 2.89. The van der Waals surface area contributed by atoms with Gasteiger partial charge in [-0.2, -0.15) is 11.8 Å². The molecule has 36 heavy (non-hydrogen) atoms. The van der Waals surface area contributed by atoms with Gasteiger partial charge in [-0.05, 0) is 48.9 Å². The lowest BCUT2D eigenvalue weighted by Crippen LogP contribution is -2.41. The number of hydrogen-bond donors (Lipinski definition) is 1. The van der Waals surface area contributed by atoms with Crippen molar-refractivity contribution in [2.45, 2.75) is 24.0 Å². The van der Waals surface area contributed by atoms with Gasteiger partial charge < -0.3 is 14.8 Å². The quantitative estimate of drug-likeness (QED) is 0.325. The second kappa shape index (κ2) is 13.2. The number of rotatable bonds is 13. The Morgan fingerprint density at radius 1 is 0.944 bits per heavy atom. The summed E-state index contributed by atoms with van der Waals surface area (Å²) >= 11 is 1.80. The Morgan fingerprint density at radius 3 is 2.31 bits per heavy atom. The highest BCUT2D eigenvalue weighted by Gasteiger charge is 2.28. The van der Waals surface area contributed by atoms with E-state index in [1.165, 1.54) is 19.8 Å². The molecule has 0 unspecified atom stereocenters. The lowest BCUT2D eigenvalue weighted by atomic mass is 10.2. The van der Waals surface area contributed by atoms with Crippen LogP contribution in [0.4, 0.5) is 5.69 Å². The van der Waals surface area contributed by atoms with E-state index in [1.54, 1.807) is 54.2 Å². The maximum Gasteiger partial charge on any atom is 0.264 e. The highest BCUT2D eigenvalue weighted by Crippen LogP contribution is 2.33. The summed E-state index contributed by atoms with van der Waals surface area (Å²) in [6.45, 7) is 1.99. The number of methoxy groups -OCH3 is 2. The van der Waals surface area contributed by atoms with Gasteiger partial charge in [0.2, 0.25) is 5.91 Å². The van der Waals surface area contributed by atoms with Crippen molar-refractivity contribution in [2.75, 3.05) is 37.4 Å². The van der Waals surface area contributed by atoms with Crippen LogP contribution in [0.25, 0.3) is 0 Å². The number of ether oxygens (including phenoxy) is 2. The van der Waals surface area contributed by atoms with E-state index in [0.717, 1.165) is 27.8 Å². The van der Waals surface area contributed by atoms with E-state index in [1.807, 2.05) is 25.1 Å². The molecule has 0 aliphatic rings. The Labute approximate surface area is 217 Å². The summed E-state index contributed by atoms with van der Waals surface area (Å²) in [5.41, 5.74) is 2.51. The van der Waals surface area contributed by atoms with Crippen LogP contribution >= 0.6 is 11.8 Å². The SMILES string of the molecule is COc1ccc(N(CC(=O)NCCCSCc2ccccc2)S(=O)(=O)c2ccc(C)cc2)cc1OC. The zero-order valence-corrected chi connectivity index (χ0v) is 22.4. The van der Waals surface area contributed by atoms with Gasteiger partial charge in [-0.15, -0.1) is 0 Å². The molecule has 1 N–H and O–H groups in total. The first-order valence-electron chi connectivity index (χ1n) is 11.5. The first-order valence-corrected chi connectivity index (χ1v) is 14.1. The molecule has 192 valence electrons. The van der Waals surface area contributed by atoms with Gasteiger partial charge in [0.05, 0.1) is 24.8 Å². The Morgan fingerprint density at radius 2 is 1.64 bits per heavy atom. The average molecular weight is 529 g/mol. The summed E-state index contributed by atoms with van der Waals surface area (Å²) in [7, 11) is -1.03. The van der Waals surface area contributed by atoms with E-state index in [9.17, 15) is 13.2 Å². The van der Waals surface area contributed by atoms with E-state index >= 15 is 0 Å². The Hall–Kier alpha value is -3.17. The molecule has 0 saturated heterocycles. The summed E-state index contributed by atoms with van der Waals surface area (Å²) in [4.78, 5) is 12.9. The van der Waals surface area contributed by atoms with Crippen LogP contribution in [0.2, 0.25) is 0 Å². The molecule has 0 heterocycles. The molecule has 3 aromatic rings. The number of sulfonamides is 1. The van der Waals surface area contributed by atoms with Crippen molar-refractivity contribution in [3.63, 3.8) is 0 Å². The van der Waals surface area contributed by atoms with E-state index in [-0.39, 0.29) is 17.3 Å². The van der Waals surface area contributed by atoms with Crippen molar-refractivity contribution in [2.24, 2.45) is 0 Å². The molecular formula is C27H32N2O5S2. The van der Waals surface area contributed by atoms with E-state index < -0.39 is 10.0 Å². The number of carbonyl (C=O) groups excluding carboxylic acids is 1. The van der Waals surface area contributed by atoms with Gasteiger partial charge in [0.1, 0.15) is 6.54 Å². The number of benzene rings is 3. The topological polar surface area (TPSA) is 84.9 Å². The second-order valence-corrected chi connectivity index (χ2v) is 11.1. The molecule has 0 saturated carbocycles. The van der Waals surface area contributed by atoms with Crippen LogP contribution in [-0.2, 0) is 20.6 Å². The summed E-state index contributed by atoms with van der Waals surface area (Å²) in [5.74, 6) is 2.25. The predicted molar refractivity (Wildman–Crippen MR) is 145 cm³/mol. The van der Waals surface area contributed by atoms with Gasteiger partial charge in [0, 0.05) is 18.4 Å². The van der Waals surface area contributed by atoms with Gasteiger partial charge in [0.25, 0.3) is 10.0 Å². The van der Waals surface area contributed by atoms with E-state index in [4.69, 9.17) is 9.47 Å². The lowest BCUT2D eigenvalue weighted by molar-refractivity contribution is -0.119. The lowest BCUT2D eigenvalue weighted by Gasteiger charge is -2.25. The molecule has 0 aromatic heterocycles. The number of nitrogens with one attached hydrogen (secondary N) is 1. The highest BCUT2D eigenvalue weighted by molar-refractivity contribution is 7.98. The molecule has 0 bridgehead atoms. The Balaban J connectivity index is 1.68. The smallest absolute Gasteiger partial charge is 0.264 e. The summed E-state index contributed by atoms with van der Waals surface area (Å²) < 4.78 is 38.8. The van der Waals surface area contributed by atoms with Crippen LogP contribution in [0.5, 0.6) is 11.5 Å². The van der Waals surface area contributed by atoms with Crippen molar-refractivity contribution >= 4 is 33.4 Å². The third kappa shape index (κ3) is 7.41. The van der Waals surface area contributed by atoms with Gasteiger partial charge in [-0.25, -0.2) is 8.42 Å². The number of hydrogen-bond acceptors (Lipinski definition) is 6. The van der Waals surface area contributed by atoms with E-state index in [0.29, 0.717) is 23.7 Å². The minimum atomic E-state index is -4.01. The van der Waals surface area contributed by atoms with Gasteiger partial charge in [0.15, 0.2) is 11.5 Å². The van der Waals surface area contributed by atoms with Crippen LogP contribution in [-0.4, -0.2) is 47.4 Å². The molecule has 0 radical (unpaired) electrons. The zero-order valence-electron chi connectivity index (χ0n) is 20.8. The minimum absolute atomic E-state index is 0.105. The molecule has 1 amide bonds. The van der Waals surface area contributed by atoms with Crippen LogP contribution in [0.1, 0.15) is 17.5 Å². The number of nitrogens with zero attached hydrogens (tertiary/aromatic N) is 1. The first kappa shape index (κ1) is 27.4. The van der Waals surface area contributed by atoms with E-state index in [2.05, 4.69) is 17.4 Å². The van der Waals surface area contributed by atoms with Crippen molar-refractivity contribution in [1.29, 1.82) is 0 Å². The Kier molecular flexibility index (Phi) is 10.1. The predicted octanol–water partition coefficient (Wildman–Crippen LogP) is 4.65. The van der Waals surface area contributed by atoms with Crippen LogP contribution < -0.4 is 19.1 Å². The fourth-order valence-electron chi connectivity index (χ4n) is 3.49. The summed E-state index contributed by atoms with van der Waals surface area (Å²) in [5, 5.41) is 2.85. The molecule has 0 atom stereocenters. The fourth-order valence-corrected chi connectivity index (χ4v) is 5.82. The Bertz CT molecular complexity index is 1230. The van der Waals surface area contributed by atoms with Crippen LogP contribution in [0.15, 0.2) is 77.7 Å². The number of amides is 1. The highest BCUT2D eigenvalue weighted by atomic mass is 32.2. The fraction of sp³-hybridized carbons (Fsp3) is 0.296. The van der Waals surface area contributed by atoms with Gasteiger partial charge >= 0.3 is 0 Å². The third-order valence-electron chi connectivity index (χ3n) is 5.45. The summed E-state index contributed by atoms with van der Waals surface area (Å²) in [6.07, 6.45) is 0.782. The molecule has 9 heteroatoms. The number of anilines is 1. The zero-order chi connectivity index (χ0) is 26.0. The van der Waals surface area contributed by atoms with Gasteiger partial charge in [-0.1, -0.05) is 48.0 Å². The summed E-state index contributed by atoms with van der Waals surface area (Å²) in [6, 6.07) is 21.5. The molecule has 7 nitrogen and oxygen atoms in total. The minimum Gasteiger partial charge on any atom is -0.493 e. The molecule has 0 aliphatic carbocycles.